The van der Waals surface area contributed by atoms with Crippen molar-refractivity contribution >= 4 is 12.1 Å². The van der Waals surface area contributed by atoms with Gasteiger partial charge in [0.25, 0.3) is 0 Å². The number of hydrogen-bond donors (Lipinski definition) is 3. The molecule has 0 unspecified atom stereocenters. The van der Waals surface area contributed by atoms with Crippen molar-refractivity contribution in [1.82, 2.24) is 5.32 Å². The van der Waals surface area contributed by atoms with Gasteiger partial charge in [0.2, 0.25) is 0 Å². The first-order valence-corrected chi connectivity index (χ1v) is 12.7. The van der Waals surface area contributed by atoms with Crippen molar-refractivity contribution in [1.29, 1.82) is 0 Å². The molecule has 1 aliphatic rings. The molecule has 0 heterocycles. The fourth-order valence-corrected chi connectivity index (χ4v) is 5.19. The molecule has 0 saturated heterocycles. The van der Waals surface area contributed by atoms with Gasteiger partial charge in [0.15, 0.2) is 0 Å². The number of rotatable bonds is 8. The number of amides is 1. The number of aromatic hydroxyl groups is 1. The molecule has 0 fully saturated rings. The number of aryl methyl sites for hydroxylation is 1. The molecule has 6 nitrogen and oxygen atoms in total. The average Bonchev–Trinajstić information content (AvgIpc) is 3.25. The smallest absolute Gasteiger partial charge is 0.407 e. The van der Waals surface area contributed by atoms with E-state index in [2.05, 4.69) is 17.4 Å². The van der Waals surface area contributed by atoms with Gasteiger partial charge in [0.05, 0.1) is 0 Å². The van der Waals surface area contributed by atoms with Gasteiger partial charge in [-0.25, -0.2) is 9.59 Å². The summed E-state index contributed by atoms with van der Waals surface area (Å²) < 4.78 is 5.54. The number of benzene rings is 4. The molecule has 0 aromatic heterocycles. The van der Waals surface area contributed by atoms with Crippen molar-refractivity contribution in [3.05, 3.63) is 113 Å². The van der Waals surface area contributed by atoms with Crippen LogP contribution in [0.4, 0.5) is 4.79 Å². The van der Waals surface area contributed by atoms with Crippen LogP contribution in [0.2, 0.25) is 0 Å². The minimum absolute atomic E-state index is 0.100. The molecule has 1 atom stereocenters. The van der Waals surface area contributed by atoms with Crippen LogP contribution in [-0.4, -0.2) is 34.9 Å². The Labute approximate surface area is 221 Å². The Bertz CT molecular complexity index is 1430. The molecule has 6 heteroatoms. The lowest BCUT2D eigenvalue weighted by atomic mass is 9.96. The SMILES string of the molecule is CCc1cc(O)ccc1-c1ccc(C[C@H](NC(=O)OCC2c3ccccc3-c3ccccc32)C(=O)O)cc1. The molecule has 5 rings (SSSR count). The Kier molecular flexibility index (Phi) is 7.13. The van der Waals surface area contributed by atoms with Crippen LogP contribution in [-0.2, 0) is 22.4 Å². The lowest BCUT2D eigenvalue weighted by Gasteiger charge is -2.18. The Morgan fingerprint density at radius 2 is 1.50 bits per heavy atom. The fourth-order valence-electron chi connectivity index (χ4n) is 5.19. The van der Waals surface area contributed by atoms with Crippen molar-refractivity contribution in [3.63, 3.8) is 0 Å². The van der Waals surface area contributed by atoms with E-state index < -0.39 is 18.1 Å². The largest absolute Gasteiger partial charge is 0.508 e. The average molecular weight is 508 g/mol. The van der Waals surface area contributed by atoms with Gasteiger partial charge in [-0.2, -0.15) is 0 Å². The molecule has 3 N–H and O–H groups in total. The van der Waals surface area contributed by atoms with Crippen molar-refractivity contribution in [3.8, 4) is 28.0 Å². The summed E-state index contributed by atoms with van der Waals surface area (Å²) in [7, 11) is 0. The second-order valence-electron chi connectivity index (χ2n) is 9.46. The van der Waals surface area contributed by atoms with E-state index in [0.29, 0.717) is 0 Å². The monoisotopic (exact) mass is 507 g/mol. The van der Waals surface area contributed by atoms with Crippen LogP contribution in [0.5, 0.6) is 5.75 Å². The van der Waals surface area contributed by atoms with E-state index in [0.717, 1.165) is 50.9 Å². The number of phenolic OH excluding ortho intramolecular Hbond substituents is 1. The normalized spacial score (nSPS) is 12.9. The molecule has 0 spiro atoms. The number of aliphatic carboxylic acids is 1. The van der Waals surface area contributed by atoms with Gasteiger partial charge < -0.3 is 20.3 Å². The first-order chi connectivity index (χ1) is 18.4. The van der Waals surface area contributed by atoms with E-state index in [1.807, 2.05) is 73.7 Å². The van der Waals surface area contributed by atoms with Crippen LogP contribution >= 0.6 is 0 Å². The van der Waals surface area contributed by atoms with Gasteiger partial charge in [-0.3, -0.25) is 0 Å². The second-order valence-corrected chi connectivity index (χ2v) is 9.46. The molecule has 1 aliphatic carbocycles. The van der Waals surface area contributed by atoms with Gasteiger partial charge in [0.1, 0.15) is 18.4 Å². The van der Waals surface area contributed by atoms with Crippen LogP contribution in [0.3, 0.4) is 0 Å². The Balaban J connectivity index is 1.24. The summed E-state index contributed by atoms with van der Waals surface area (Å²) in [5, 5.41) is 22.0. The summed E-state index contributed by atoms with van der Waals surface area (Å²) in [4.78, 5) is 24.6. The summed E-state index contributed by atoms with van der Waals surface area (Å²) in [6.07, 6.45) is 0.139. The number of carboxylic acid groups (broad SMARTS) is 1. The Hall–Kier alpha value is -4.58. The highest BCUT2D eigenvalue weighted by Gasteiger charge is 2.29. The highest BCUT2D eigenvalue weighted by Crippen LogP contribution is 2.44. The topological polar surface area (TPSA) is 95.9 Å². The number of alkyl carbamates (subject to hydrolysis) is 1. The zero-order valence-corrected chi connectivity index (χ0v) is 21.1. The van der Waals surface area contributed by atoms with Crippen LogP contribution in [0.1, 0.15) is 35.1 Å². The van der Waals surface area contributed by atoms with Gasteiger partial charge >= 0.3 is 12.1 Å². The van der Waals surface area contributed by atoms with Crippen LogP contribution in [0.25, 0.3) is 22.3 Å². The predicted molar refractivity (Wildman–Crippen MR) is 146 cm³/mol. The minimum atomic E-state index is -1.13. The molecule has 4 aromatic carbocycles. The second kappa shape index (κ2) is 10.8. The number of hydrogen-bond acceptors (Lipinski definition) is 4. The highest BCUT2D eigenvalue weighted by atomic mass is 16.5. The third-order valence-electron chi connectivity index (χ3n) is 7.11. The molecular formula is C32H29NO5. The predicted octanol–water partition coefficient (Wildman–Crippen LogP) is 6.16. The Morgan fingerprint density at radius 1 is 0.868 bits per heavy atom. The number of nitrogens with one attached hydrogen (secondary N) is 1. The molecular weight excluding hydrogens is 478 g/mol. The molecule has 192 valence electrons. The summed E-state index contributed by atoms with van der Waals surface area (Å²) >= 11 is 0. The highest BCUT2D eigenvalue weighted by molar-refractivity contribution is 5.81. The van der Waals surface area contributed by atoms with E-state index in [1.54, 1.807) is 12.1 Å². The van der Waals surface area contributed by atoms with Gasteiger partial charge in [-0.15, -0.1) is 0 Å². The first-order valence-electron chi connectivity index (χ1n) is 12.7. The summed E-state index contributed by atoms with van der Waals surface area (Å²) in [6.45, 7) is 2.15. The molecule has 38 heavy (non-hydrogen) atoms. The summed E-state index contributed by atoms with van der Waals surface area (Å²) in [5.74, 6) is -1.00. The third kappa shape index (κ3) is 5.11. The van der Waals surface area contributed by atoms with E-state index in [1.165, 1.54) is 0 Å². The van der Waals surface area contributed by atoms with E-state index in [4.69, 9.17) is 4.74 Å². The number of carboxylic acids is 1. The summed E-state index contributed by atoms with van der Waals surface area (Å²) in [6, 6.07) is 27.8. The van der Waals surface area contributed by atoms with E-state index in [9.17, 15) is 19.8 Å². The lowest BCUT2D eigenvalue weighted by molar-refractivity contribution is -0.139. The van der Waals surface area contributed by atoms with Crippen molar-refractivity contribution in [2.24, 2.45) is 0 Å². The van der Waals surface area contributed by atoms with Crippen molar-refractivity contribution < 1.29 is 24.5 Å². The van der Waals surface area contributed by atoms with Crippen LogP contribution < -0.4 is 5.32 Å². The molecule has 0 bridgehead atoms. The Morgan fingerprint density at radius 3 is 2.11 bits per heavy atom. The fraction of sp³-hybridized carbons (Fsp3) is 0.188. The number of ether oxygens (including phenoxy) is 1. The number of phenols is 1. The van der Waals surface area contributed by atoms with E-state index in [-0.39, 0.29) is 24.7 Å². The maximum atomic E-state index is 12.6. The molecule has 0 saturated carbocycles. The lowest BCUT2D eigenvalue weighted by Crippen LogP contribution is -2.42. The molecule has 0 aliphatic heterocycles. The molecule has 1 amide bonds. The van der Waals surface area contributed by atoms with Crippen molar-refractivity contribution in [2.45, 2.75) is 31.7 Å². The zero-order chi connectivity index (χ0) is 26.6. The van der Waals surface area contributed by atoms with Crippen LogP contribution in [0.15, 0.2) is 91.0 Å². The number of carbonyl (C=O) groups is 2. The zero-order valence-electron chi connectivity index (χ0n) is 21.1. The van der Waals surface area contributed by atoms with Gasteiger partial charge in [0, 0.05) is 12.3 Å². The van der Waals surface area contributed by atoms with E-state index >= 15 is 0 Å². The maximum absolute atomic E-state index is 12.6. The van der Waals surface area contributed by atoms with Gasteiger partial charge in [-0.1, -0.05) is 85.8 Å². The van der Waals surface area contributed by atoms with Crippen molar-refractivity contribution in [2.75, 3.05) is 6.61 Å². The molecule has 4 aromatic rings. The van der Waals surface area contributed by atoms with Crippen LogP contribution in [0, 0.1) is 0 Å². The summed E-state index contributed by atoms with van der Waals surface area (Å²) in [5.41, 5.74) is 8.23. The molecule has 0 radical (unpaired) electrons. The third-order valence-corrected chi connectivity index (χ3v) is 7.11. The minimum Gasteiger partial charge on any atom is -0.508 e. The van der Waals surface area contributed by atoms with Gasteiger partial charge in [-0.05, 0) is 63.1 Å². The quantitative estimate of drug-likeness (QED) is 0.266. The maximum Gasteiger partial charge on any atom is 0.407 e. The standard InChI is InChI=1S/C32H29NO5/c1-2-21-18-23(34)15-16-24(21)22-13-11-20(12-14-22)17-30(31(35)36)33-32(37)38-19-29-27-9-5-3-7-25(27)26-8-4-6-10-28(26)29/h3-16,18,29-30,34H,2,17,19H2,1H3,(H,33,37)(H,35,36)/t30-/m0/s1. The number of fused-ring (bicyclic) bond motifs is 3. The number of carbonyl (C=O) groups excluding carboxylic acids is 1. The first kappa shape index (κ1) is 25.1.